The largest absolute Gasteiger partial charge is 0.454 e. The lowest BCUT2D eigenvalue weighted by Crippen LogP contribution is -2.10. The lowest BCUT2D eigenvalue weighted by atomic mass is 9.92. The van der Waals surface area contributed by atoms with Crippen LogP contribution in [0.25, 0.3) is 88.3 Å². The molecule has 0 amide bonds. The van der Waals surface area contributed by atoms with E-state index in [1.165, 1.54) is 0 Å². The van der Waals surface area contributed by atoms with Gasteiger partial charge in [0.2, 0.25) is 5.89 Å². The number of benzene rings is 9. The van der Waals surface area contributed by atoms with E-state index in [0.717, 1.165) is 99.5 Å². The summed E-state index contributed by atoms with van der Waals surface area (Å²) in [6.07, 6.45) is 0. The monoisotopic (exact) mass is 704 g/mol. The summed E-state index contributed by atoms with van der Waals surface area (Å²) in [6.45, 7) is 0. The van der Waals surface area contributed by atoms with E-state index in [9.17, 15) is 0 Å². The van der Waals surface area contributed by atoms with Crippen LogP contribution in [0.15, 0.2) is 203 Å². The van der Waals surface area contributed by atoms with Crippen LogP contribution in [0.2, 0.25) is 0 Å². The molecule has 0 spiro atoms. The summed E-state index contributed by atoms with van der Waals surface area (Å²) in [5.41, 5.74) is 11.8. The van der Waals surface area contributed by atoms with Crippen molar-refractivity contribution in [1.29, 1.82) is 0 Å². The third-order valence-electron chi connectivity index (χ3n) is 10.7. The molecule has 11 aromatic rings. The summed E-state index contributed by atoms with van der Waals surface area (Å²) >= 11 is 0. The Hall–Kier alpha value is -7.43. The molecule has 2 heterocycles. The Balaban J connectivity index is 1.21. The van der Waals surface area contributed by atoms with Gasteiger partial charge in [0.15, 0.2) is 11.2 Å². The quantitative estimate of drug-likeness (QED) is 0.162. The smallest absolute Gasteiger partial charge is 0.227 e. The van der Waals surface area contributed by atoms with Crippen molar-refractivity contribution in [3.63, 3.8) is 0 Å². The Labute approximate surface area is 317 Å². The Kier molecular flexibility index (Phi) is 7.14. The minimum atomic E-state index is 0.606. The standard InChI is InChI=1S/C51H32N2O2/c1-5-15-33(16-6-1)39-27-29-44(50-48(39)41-23-13-14-24-45(41)54-50)53(37-21-11-4-12-22-37)38-26-25-36-31-42(34-17-7-2-8-18-34)40-28-30-46-49(47(40)43(36)32-38)52-51(55-46)35-19-9-3-10-20-35/h1-32H. The fourth-order valence-electron chi connectivity index (χ4n) is 8.16. The van der Waals surface area contributed by atoms with E-state index in [-0.39, 0.29) is 0 Å². The van der Waals surface area contributed by atoms with Crippen LogP contribution in [0, 0.1) is 0 Å². The number of oxazole rings is 1. The zero-order chi connectivity index (χ0) is 36.3. The second-order valence-corrected chi connectivity index (χ2v) is 13.9. The van der Waals surface area contributed by atoms with E-state index in [1.54, 1.807) is 0 Å². The van der Waals surface area contributed by atoms with Gasteiger partial charge in [-0.2, -0.15) is 0 Å². The molecule has 0 bridgehead atoms. The molecule has 55 heavy (non-hydrogen) atoms. The normalized spacial score (nSPS) is 11.6. The topological polar surface area (TPSA) is 42.4 Å². The van der Waals surface area contributed by atoms with Gasteiger partial charge in [0.1, 0.15) is 11.1 Å². The highest BCUT2D eigenvalue weighted by molar-refractivity contribution is 6.23. The number of rotatable bonds is 6. The fraction of sp³-hybridized carbons (Fsp3) is 0. The lowest BCUT2D eigenvalue weighted by Gasteiger charge is -2.26. The predicted octanol–water partition coefficient (Wildman–Crippen LogP) is 14.5. The molecular formula is C51H32N2O2. The van der Waals surface area contributed by atoms with E-state index < -0.39 is 0 Å². The summed E-state index contributed by atoms with van der Waals surface area (Å²) in [5, 5.41) is 6.57. The van der Waals surface area contributed by atoms with Crippen molar-refractivity contribution in [2.75, 3.05) is 4.90 Å². The molecule has 0 unspecified atom stereocenters. The SMILES string of the molecule is c1ccc(-c2nc3c(ccc4c(-c5ccccc5)cc5ccc(N(c6ccccc6)c6ccc(-c7ccccc7)c7c6oc6ccccc67)cc5c43)o2)cc1. The van der Waals surface area contributed by atoms with Crippen molar-refractivity contribution in [1.82, 2.24) is 4.98 Å². The Bertz CT molecular complexity index is 3190. The van der Waals surface area contributed by atoms with Crippen LogP contribution in [0.4, 0.5) is 17.1 Å². The highest BCUT2D eigenvalue weighted by Crippen LogP contribution is 2.47. The molecule has 0 fully saturated rings. The Morgan fingerprint density at radius 2 is 1.05 bits per heavy atom. The van der Waals surface area contributed by atoms with Gasteiger partial charge >= 0.3 is 0 Å². The van der Waals surface area contributed by atoms with Crippen molar-refractivity contribution < 1.29 is 8.83 Å². The molecule has 4 nitrogen and oxygen atoms in total. The van der Waals surface area contributed by atoms with E-state index in [1.807, 2.05) is 36.4 Å². The first-order valence-electron chi connectivity index (χ1n) is 18.5. The zero-order valence-electron chi connectivity index (χ0n) is 29.7. The number of hydrogen-bond donors (Lipinski definition) is 0. The van der Waals surface area contributed by atoms with Gasteiger partial charge < -0.3 is 13.7 Å². The first-order chi connectivity index (χ1) is 27.3. The van der Waals surface area contributed by atoms with E-state index in [2.05, 4.69) is 163 Å². The molecule has 9 aromatic carbocycles. The molecule has 11 rings (SSSR count). The third kappa shape index (κ3) is 5.11. The van der Waals surface area contributed by atoms with Crippen molar-refractivity contribution in [3.8, 4) is 33.7 Å². The van der Waals surface area contributed by atoms with Crippen LogP contribution < -0.4 is 4.90 Å². The summed E-state index contributed by atoms with van der Waals surface area (Å²) in [7, 11) is 0. The number of fused-ring (bicyclic) bond motifs is 8. The number of furan rings is 1. The molecule has 0 radical (unpaired) electrons. The fourth-order valence-corrected chi connectivity index (χ4v) is 8.16. The van der Waals surface area contributed by atoms with Crippen molar-refractivity contribution in [2.45, 2.75) is 0 Å². The summed E-state index contributed by atoms with van der Waals surface area (Å²) in [4.78, 5) is 7.51. The molecule has 0 aliphatic heterocycles. The summed E-state index contributed by atoms with van der Waals surface area (Å²) < 4.78 is 13.3. The average Bonchev–Trinajstić information content (AvgIpc) is 3.88. The second kappa shape index (κ2) is 12.6. The van der Waals surface area contributed by atoms with Crippen LogP contribution in [0.5, 0.6) is 0 Å². The Morgan fingerprint density at radius 3 is 1.80 bits per heavy atom. The van der Waals surface area contributed by atoms with Gasteiger partial charge in [-0.05, 0) is 105 Å². The van der Waals surface area contributed by atoms with Gasteiger partial charge in [-0.3, -0.25) is 0 Å². The summed E-state index contributed by atoms with van der Waals surface area (Å²) in [6, 6.07) is 67.9. The molecule has 0 saturated heterocycles. The zero-order valence-corrected chi connectivity index (χ0v) is 29.7. The molecular weight excluding hydrogens is 673 g/mol. The maximum absolute atomic E-state index is 6.83. The molecule has 0 aliphatic rings. The number of para-hydroxylation sites is 2. The number of aromatic nitrogens is 1. The lowest BCUT2D eigenvalue weighted by molar-refractivity contribution is 0.620. The van der Waals surface area contributed by atoms with Gasteiger partial charge in [0.05, 0.1) is 5.69 Å². The third-order valence-corrected chi connectivity index (χ3v) is 10.7. The first kappa shape index (κ1) is 31.1. The predicted molar refractivity (Wildman–Crippen MR) is 227 cm³/mol. The maximum atomic E-state index is 6.83. The van der Waals surface area contributed by atoms with Crippen molar-refractivity contribution in [2.24, 2.45) is 0 Å². The highest BCUT2D eigenvalue weighted by Gasteiger charge is 2.23. The van der Waals surface area contributed by atoms with Crippen LogP contribution in [-0.4, -0.2) is 4.98 Å². The molecule has 4 heteroatoms. The van der Waals surface area contributed by atoms with Gasteiger partial charge in [-0.25, -0.2) is 4.98 Å². The van der Waals surface area contributed by atoms with Gasteiger partial charge in [-0.15, -0.1) is 0 Å². The molecule has 2 aromatic heterocycles. The number of hydrogen-bond acceptors (Lipinski definition) is 4. The van der Waals surface area contributed by atoms with E-state index >= 15 is 0 Å². The van der Waals surface area contributed by atoms with Crippen LogP contribution in [-0.2, 0) is 0 Å². The van der Waals surface area contributed by atoms with E-state index in [0.29, 0.717) is 5.89 Å². The highest BCUT2D eigenvalue weighted by atomic mass is 16.3. The van der Waals surface area contributed by atoms with Crippen molar-refractivity contribution >= 4 is 71.6 Å². The van der Waals surface area contributed by atoms with Crippen LogP contribution in [0.1, 0.15) is 0 Å². The van der Waals surface area contributed by atoms with Crippen LogP contribution >= 0.6 is 0 Å². The maximum Gasteiger partial charge on any atom is 0.227 e. The number of nitrogens with zero attached hydrogens (tertiary/aromatic N) is 2. The van der Waals surface area contributed by atoms with Gasteiger partial charge in [0.25, 0.3) is 0 Å². The van der Waals surface area contributed by atoms with Crippen LogP contribution in [0.3, 0.4) is 0 Å². The summed E-state index contributed by atoms with van der Waals surface area (Å²) in [5.74, 6) is 0.606. The molecule has 0 atom stereocenters. The number of anilines is 3. The molecule has 258 valence electrons. The minimum absolute atomic E-state index is 0.606. The molecule has 0 N–H and O–H groups in total. The second-order valence-electron chi connectivity index (χ2n) is 13.9. The molecule has 0 saturated carbocycles. The van der Waals surface area contributed by atoms with E-state index in [4.69, 9.17) is 13.8 Å². The Morgan fingerprint density at radius 1 is 0.400 bits per heavy atom. The van der Waals surface area contributed by atoms with Crippen molar-refractivity contribution in [3.05, 3.63) is 194 Å². The first-order valence-corrected chi connectivity index (χ1v) is 18.5. The van der Waals surface area contributed by atoms with Gasteiger partial charge in [-0.1, -0.05) is 127 Å². The minimum Gasteiger partial charge on any atom is -0.454 e. The molecule has 0 aliphatic carbocycles. The average molecular weight is 705 g/mol. The van der Waals surface area contributed by atoms with Gasteiger partial charge in [0, 0.05) is 33.1 Å².